The van der Waals surface area contributed by atoms with Gasteiger partial charge >= 0.3 is 0 Å². The topological polar surface area (TPSA) is 67.2 Å². The lowest BCUT2D eigenvalue weighted by atomic mass is 9.95. The Labute approximate surface area is 153 Å². The minimum Gasteiger partial charge on any atom is -0.339 e. The van der Waals surface area contributed by atoms with Gasteiger partial charge in [-0.2, -0.15) is 5.10 Å². The molecule has 3 rings (SSSR count). The van der Waals surface area contributed by atoms with Crippen molar-refractivity contribution in [3.63, 3.8) is 0 Å². The Bertz CT molecular complexity index is 815. The number of benzene rings is 1. The fraction of sp³-hybridized carbons (Fsp3) is 0.350. The highest BCUT2D eigenvalue weighted by atomic mass is 16.2. The second-order valence-corrected chi connectivity index (χ2v) is 6.68. The number of aryl methyl sites for hydroxylation is 2. The molecule has 1 aliphatic heterocycles. The monoisotopic (exact) mass is 352 g/mol. The summed E-state index contributed by atoms with van der Waals surface area (Å²) in [6.45, 7) is 8.68. The molecular formula is C20H24N4O2. The fourth-order valence-corrected chi connectivity index (χ4v) is 3.31. The maximum absolute atomic E-state index is 12.5. The van der Waals surface area contributed by atoms with E-state index in [1.165, 1.54) is 6.08 Å². The average molecular weight is 352 g/mol. The van der Waals surface area contributed by atoms with E-state index < -0.39 is 0 Å². The molecule has 1 N–H and O–H groups in total. The van der Waals surface area contributed by atoms with Gasteiger partial charge in [0.25, 0.3) is 0 Å². The molecule has 1 aliphatic rings. The highest BCUT2D eigenvalue weighted by Gasteiger charge is 2.26. The van der Waals surface area contributed by atoms with Crippen LogP contribution < -0.4 is 5.32 Å². The number of hydrogen-bond acceptors (Lipinski definition) is 3. The van der Waals surface area contributed by atoms with Crippen LogP contribution in [-0.4, -0.2) is 39.6 Å². The molecule has 0 bridgehead atoms. The Hall–Kier alpha value is -2.89. The molecule has 26 heavy (non-hydrogen) atoms. The summed E-state index contributed by atoms with van der Waals surface area (Å²) in [6, 6.07) is 9.69. The summed E-state index contributed by atoms with van der Waals surface area (Å²) in [7, 11) is 0. The number of rotatable bonds is 4. The first-order chi connectivity index (χ1) is 12.5. The second kappa shape index (κ2) is 7.56. The molecule has 2 aromatic rings. The van der Waals surface area contributed by atoms with Crippen LogP contribution in [0.4, 0.5) is 5.69 Å². The maximum Gasteiger partial charge on any atom is 0.245 e. The first-order valence-corrected chi connectivity index (χ1v) is 8.84. The van der Waals surface area contributed by atoms with Gasteiger partial charge in [0, 0.05) is 30.4 Å². The van der Waals surface area contributed by atoms with Crippen molar-refractivity contribution in [2.24, 2.45) is 5.92 Å². The van der Waals surface area contributed by atoms with Crippen LogP contribution >= 0.6 is 0 Å². The summed E-state index contributed by atoms with van der Waals surface area (Å²) in [6.07, 6.45) is 2.68. The van der Waals surface area contributed by atoms with E-state index >= 15 is 0 Å². The van der Waals surface area contributed by atoms with Crippen molar-refractivity contribution < 1.29 is 9.59 Å². The van der Waals surface area contributed by atoms with Gasteiger partial charge in [0.05, 0.1) is 11.4 Å². The zero-order valence-corrected chi connectivity index (χ0v) is 15.2. The number of hydrogen-bond donors (Lipinski definition) is 1. The minimum atomic E-state index is -0.0699. The van der Waals surface area contributed by atoms with E-state index in [0.29, 0.717) is 25.9 Å². The molecule has 1 aromatic carbocycles. The van der Waals surface area contributed by atoms with Crippen molar-refractivity contribution in [1.82, 2.24) is 14.7 Å². The highest BCUT2D eigenvalue weighted by Crippen LogP contribution is 2.21. The molecule has 6 heteroatoms. The lowest BCUT2D eigenvalue weighted by Crippen LogP contribution is -2.40. The molecule has 0 radical (unpaired) electrons. The largest absolute Gasteiger partial charge is 0.339 e. The van der Waals surface area contributed by atoms with E-state index in [-0.39, 0.29) is 17.7 Å². The lowest BCUT2D eigenvalue weighted by Gasteiger charge is -2.30. The number of nitrogens with one attached hydrogen (secondary N) is 1. The van der Waals surface area contributed by atoms with Crippen LogP contribution in [-0.2, 0) is 9.59 Å². The fourth-order valence-electron chi connectivity index (χ4n) is 3.31. The number of nitrogens with zero attached hydrogens (tertiary/aromatic N) is 3. The molecule has 2 heterocycles. The van der Waals surface area contributed by atoms with E-state index in [4.69, 9.17) is 0 Å². The lowest BCUT2D eigenvalue weighted by molar-refractivity contribution is -0.130. The first-order valence-electron chi connectivity index (χ1n) is 8.84. The average Bonchev–Trinajstić information content (AvgIpc) is 3.00. The molecule has 1 aromatic heterocycles. The predicted octanol–water partition coefficient (Wildman–Crippen LogP) is 2.85. The summed E-state index contributed by atoms with van der Waals surface area (Å²) in [5.41, 5.74) is 3.77. The Morgan fingerprint density at radius 3 is 2.38 bits per heavy atom. The van der Waals surface area contributed by atoms with Crippen LogP contribution in [0.1, 0.15) is 24.2 Å². The van der Waals surface area contributed by atoms with E-state index in [1.807, 2.05) is 48.9 Å². The third kappa shape index (κ3) is 3.85. The molecule has 2 amide bonds. The van der Waals surface area contributed by atoms with Crippen LogP contribution in [0, 0.1) is 19.8 Å². The zero-order chi connectivity index (χ0) is 18.7. The SMILES string of the molecule is C=CC(=O)N1CCC(C(=O)Nc2ccc(-n3nc(C)cc3C)cc2)CC1. The number of carbonyl (C=O) groups is 2. The first kappa shape index (κ1) is 17.9. The van der Waals surface area contributed by atoms with Gasteiger partial charge in [0.15, 0.2) is 0 Å². The summed E-state index contributed by atoms with van der Waals surface area (Å²) >= 11 is 0. The van der Waals surface area contributed by atoms with Crippen molar-refractivity contribution >= 4 is 17.5 Å². The quantitative estimate of drug-likeness (QED) is 0.861. The number of carbonyl (C=O) groups excluding carboxylic acids is 2. The van der Waals surface area contributed by atoms with Crippen molar-refractivity contribution in [3.05, 3.63) is 54.4 Å². The second-order valence-electron chi connectivity index (χ2n) is 6.68. The number of anilines is 1. The van der Waals surface area contributed by atoms with Crippen LogP contribution in [0.15, 0.2) is 43.0 Å². The standard InChI is InChI=1S/C20H24N4O2/c1-4-19(25)23-11-9-16(10-12-23)20(26)21-17-5-7-18(8-6-17)24-15(3)13-14(2)22-24/h4-8,13,16H,1,9-12H2,2-3H3,(H,21,26). The maximum atomic E-state index is 12.5. The molecular weight excluding hydrogens is 328 g/mol. The Morgan fingerprint density at radius 2 is 1.85 bits per heavy atom. The van der Waals surface area contributed by atoms with Crippen LogP contribution in [0.3, 0.4) is 0 Å². The zero-order valence-electron chi connectivity index (χ0n) is 15.2. The number of piperidine rings is 1. The Balaban J connectivity index is 1.59. The van der Waals surface area contributed by atoms with E-state index in [0.717, 1.165) is 22.8 Å². The van der Waals surface area contributed by atoms with Crippen molar-refractivity contribution in [2.75, 3.05) is 18.4 Å². The molecule has 1 fully saturated rings. The normalized spacial score (nSPS) is 14.9. The van der Waals surface area contributed by atoms with Gasteiger partial charge in [-0.15, -0.1) is 0 Å². The molecule has 0 spiro atoms. The summed E-state index contributed by atoms with van der Waals surface area (Å²) in [5.74, 6) is -0.127. The van der Waals surface area contributed by atoms with Crippen molar-refractivity contribution in [1.29, 1.82) is 0 Å². The molecule has 0 unspecified atom stereocenters. The van der Waals surface area contributed by atoms with Crippen LogP contribution in [0.5, 0.6) is 0 Å². The van der Waals surface area contributed by atoms with Crippen molar-refractivity contribution in [3.8, 4) is 5.69 Å². The van der Waals surface area contributed by atoms with Crippen LogP contribution in [0.2, 0.25) is 0 Å². The predicted molar refractivity (Wildman–Crippen MR) is 101 cm³/mol. The third-order valence-corrected chi connectivity index (χ3v) is 4.74. The minimum absolute atomic E-state index is 0.00886. The summed E-state index contributed by atoms with van der Waals surface area (Å²) in [5, 5.41) is 7.44. The molecule has 0 saturated carbocycles. The molecule has 136 valence electrons. The number of amides is 2. The Morgan fingerprint density at radius 1 is 1.19 bits per heavy atom. The number of aromatic nitrogens is 2. The highest BCUT2D eigenvalue weighted by molar-refractivity contribution is 5.93. The van der Waals surface area contributed by atoms with Crippen molar-refractivity contribution in [2.45, 2.75) is 26.7 Å². The van der Waals surface area contributed by atoms with Gasteiger partial charge in [-0.1, -0.05) is 6.58 Å². The van der Waals surface area contributed by atoms with E-state index in [1.54, 1.807) is 4.90 Å². The van der Waals surface area contributed by atoms with E-state index in [9.17, 15) is 9.59 Å². The van der Waals surface area contributed by atoms with Gasteiger partial charge in [0.2, 0.25) is 11.8 Å². The van der Waals surface area contributed by atoms with Gasteiger partial charge in [-0.25, -0.2) is 4.68 Å². The van der Waals surface area contributed by atoms with Gasteiger partial charge in [0.1, 0.15) is 0 Å². The summed E-state index contributed by atoms with van der Waals surface area (Å²) < 4.78 is 1.88. The molecule has 6 nitrogen and oxygen atoms in total. The van der Waals surface area contributed by atoms with E-state index in [2.05, 4.69) is 17.0 Å². The van der Waals surface area contributed by atoms with Gasteiger partial charge < -0.3 is 10.2 Å². The van der Waals surface area contributed by atoms with Gasteiger partial charge in [-0.3, -0.25) is 9.59 Å². The van der Waals surface area contributed by atoms with Gasteiger partial charge in [-0.05, 0) is 63.1 Å². The molecule has 1 saturated heterocycles. The third-order valence-electron chi connectivity index (χ3n) is 4.74. The summed E-state index contributed by atoms with van der Waals surface area (Å²) in [4.78, 5) is 25.8. The number of likely N-dealkylation sites (tertiary alicyclic amines) is 1. The molecule has 0 aliphatic carbocycles. The van der Waals surface area contributed by atoms with Crippen LogP contribution in [0.25, 0.3) is 5.69 Å². The Kier molecular flexibility index (Phi) is 5.21. The molecule has 0 atom stereocenters. The smallest absolute Gasteiger partial charge is 0.245 e.